The minimum Gasteiger partial charge on any atom is -0.396 e. The van der Waals surface area contributed by atoms with Gasteiger partial charge >= 0.3 is 0 Å². The average Bonchev–Trinajstić information content (AvgIpc) is 2.96. The van der Waals surface area contributed by atoms with Crippen molar-refractivity contribution in [1.29, 1.82) is 0 Å². The third-order valence-corrected chi connectivity index (χ3v) is 3.76. The van der Waals surface area contributed by atoms with Crippen LogP contribution >= 0.6 is 0 Å². The molecule has 5 nitrogen and oxygen atoms in total. The predicted octanol–water partition coefficient (Wildman–Crippen LogP) is -0.0903. The highest BCUT2D eigenvalue weighted by Gasteiger charge is 2.27. The lowest BCUT2D eigenvalue weighted by Crippen LogP contribution is -2.25. The molecular weight excluding hydrogens is 204 g/mol. The second-order valence-electron chi connectivity index (χ2n) is 4.86. The minimum absolute atomic E-state index is 0.278. The van der Waals surface area contributed by atoms with Crippen molar-refractivity contribution in [3.05, 3.63) is 11.6 Å². The average molecular weight is 222 g/mol. The van der Waals surface area contributed by atoms with Gasteiger partial charge in [-0.25, -0.2) is 0 Å². The number of fused-ring (bicyclic) bond motifs is 1. The molecule has 3 rings (SSSR count). The van der Waals surface area contributed by atoms with Crippen molar-refractivity contribution in [1.82, 2.24) is 20.1 Å². The van der Waals surface area contributed by atoms with Gasteiger partial charge in [0, 0.05) is 38.0 Å². The number of rotatable bonds is 2. The molecule has 3 heterocycles. The summed E-state index contributed by atoms with van der Waals surface area (Å²) in [7, 11) is 0. The van der Waals surface area contributed by atoms with E-state index >= 15 is 0 Å². The molecule has 0 bridgehead atoms. The molecular formula is C11H18N4O. The highest BCUT2D eigenvalue weighted by atomic mass is 16.3. The fraction of sp³-hybridized carbons (Fsp3) is 0.818. The smallest absolute Gasteiger partial charge is 0.137 e. The van der Waals surface area contributed by atoms with Gasteiger partial charge in [0.2, 0.25) is 0 Å². The Bertz CT molecular complexity index is 370. The number of nitrogens with zero attached hydrogens (tertiary/aromatic N) is 3. The van der Waals surface area contributed by atoms with Gasteiger partial charge in [-0.1, -0.05) is 0 Å². The molecule has 1 aromatic rings. The first kappa shape index (κ1) is 10.2. The zero-order valence-electron chi connectivity index (χ0n) is 9.39. The largest absolute Gasteiger partial charge is 0.396 e. The van der Waals surface area contributed by atoms with E-state index in [1.54, 1.807) is 0 Å². The Morgan fingerprint density at radius 3 is 3.06 bits per heavy atom. The summed E-state index contributed by atoms with van der Waals surface area (Å²) in [6.07, 6.45) is 3.15. The van der Waals surface area contributed by atoms with E-state index in [1.165, 1.54) is 0 Å². The second-order valence-corrected chi connectivity index (χ2v) is 4.86. The molecule has 2 unspecified atom stereocenters. The van der Waals surface area contributed by atoms with E-state index < -0.39 is 0 Å². The molecule has 1 aromatic heterocycles. The number of hydrogen-bond acceptors (Lipinski definition) is 4. The SMILES string of the molecule is OCC1CCc2nnc(C3CCNC3)n2C1. The summed E-state index contributed by atoms with van der Waals surface area (Å²) in [4.78, 5) is 0. The van der Waals surface area contributed by atoms with Crippen LogP contribution in [0, 0.1) is 5.92 Å². The zero-order chi connectivity index (χ0) is 11.0. The normalized spacial score (nSPS) is 29.3. The minimum atomic E-state index is 0.278. The first-order valence-electron chi connectivity index (χ1n) is 6.12. The Morgan fingerprint density at radius 1 is 1.38 bits per heavy atom. The van der Waals surface area contributed by atoms with Crippen LogP contribution < -0.4 is 5.32 Å². The maximum Gasteiger partial charge on any atom is 0.137 e. The molecule has 0 amide bonds. The lowest BCUT2D eigenvalue weighted by atomic mass is 9.99. The summed E-state index contributed by atoms with van der Waals surface area (Å²) in [6, 6.07) is 0. The molecule has 0 aromatic carbocycles. The Balaban J connectivity index is 1.87. The van der Waals surface area contributed by atoms with Gasteiger partial charge in [-0.2, -0.15) is 0 Å². The van der Waals surface area contributed by atoms with Crippen molar-refractivity contribution < 1.29 is 5.11 Å². The van der Waals surface area contributed by atoms with Crippen molar-refractivity contribution in [3.63, 3.8) is 0 Å². The van der Waals surface area contributed by atoms with E-state index in [9.17, 15) is 5.11 Å². The molecule has 2 atom stereocenters. The van der Waals surface area contributed by atoms with Gasteiger partial charge in [-0.3, -0.25) is 0 Å². The molecule has 0 radical (unpaired) electrons. The third-order valence-electron chi connectivity index (χ3n) is 3.76. The molecule has 1 saturated heterocycles. The summed E-state index contributed by atoms with van der Waals surface area (Å²) in [6.45, 7) is 3.27. The fourth-order valence-electron chi connectivity index (χ4n) is 2.74. The van der Waals surface area contributed by atoms with Gasteiger partial charge in [0.25, 0.3) is 0 Å². The highest BCUT2D eigenvalue weighted by molar-refractivity contribution is 5.07. The summed E-state index contributed by atoms with van der Waals surface area (Å²) in [5.41, 5.74) is 0. The van der Waals surface area contributed by atoms with Crippen LogP contribution in [-0.2, 0) is 13.0 Å². The maximum atomic E-state index is 9.24. The fourth-order valence-corrected chi connectivity index (χ4v) is 2.74. The summed E-state index contributed by atoms with van der Waals surface area (Å²) in [5, 5.41) is 21.2. The van der Waals surface area contributed by atoms with Crippen molar-refractivity contribution >= 4 is 0 Å². The Labute approximate surface area is 94.9 Å². The Hall–Kier alpha value is -0.940. The van der Waals surface area contributed by atoms with Crippen LogP contribution in [0.4, 0.5) is 0 Å². The molecule has 5 heteroatoms. The summed E-state index contributed by atoms with van der Waals surface area (Å²) >= 11 is 0. The number of nitrogens with one attached hydrogen (secondary N) is 1. The lowest BCUT2D eigenvalue weighted by molar-refractivity contribution is 0.189. The van der Waals surface area contributed by atoms with E-state index in [-0.39, 0.29) is 6.61 Å². The number of aromatic nitrogens is 3. The van der Waals surface area contributed by atoms with Gasteiger partial charge in [0.05, 0.1) is 0 Å². The molecule has 1 fully saturated rings. The van der Waals surface area contributed by atoms with E-state index in [0.29, 0.717) is 11.8 Å². The number of aryl methyl sites for hydroxylation is 1. The summed E-state index contributed by atoms with van der Waals surface area (Å²) in [5.74, 6) is 3.13. The Kier molecular flexibility index (Phi) is 2.65. The number of aliphatic hydroxyl groups is 1. The van der Waals surface area contributed by atoms with Crippen molar-refractivity contribution in [3.8, 4) is 0 Å². The van der Waals surface area contributed by atoms with Crippen molar-refractivity contribution in [2.24, 2.45) is 5.92 Å². The van der Waals surface area contributed by atoms with Gasteiger partial charge in [0.1, 0.15) is 11.6 Å². The third kappa shape index (κ3) is 1.64. The summed E-state index contributed by atoms with van der Waals surface area (Å²) < 4.78 is 2.24. The van der Waals surface area contributed by atoms with Gasteiger partial charge in [0.15, 0.2) is 0 Å². The molecule has 0 aliphatic carbocycles. The van der Waals surface area contributed by atoms with Crippen LogP contribution in [0.5, 0.6) is 0 Å². The first-order valence-corrected chi connectivity index (χ1v) is 6.12. The lowest BCUT2D eigenvalue weighted by Gasteiger charge is -2.23. The van der Waals surface area contributed by atoms with E-state index in [0.717, 1.165) is 50.5 Å². The van der Waals surface area contributed by atoms with Gasteiger partial charge in [-0.05, 0) is 19.4 Å². The molecule has 2 aliphatic heterocycles. The number of hydrogen-bond donors (Lipinski definition) is 2. The molecule has 16 heavy (non-hydrogen) atoms. The standard InChI is InChI=1S/C11H18N4O/c16-7-8-1-2-10-13-14-11(15(10)6-8)9-3-4-12-5-9/h8-9,12,16H,1-7H2. The predicted molar refractivity (Wildman–Crippen MR) is 59.1 cm³/mol. The molecule has 2 aliphatic rings. The van der Waals surface area contributed by atoms with Crippen LogP contribution in [-0.4, -0.2) is 39.6 Å². The van der Waals surface area contributed by atoms with Gasteiger partial charge < -0.3 is 15.0 Å². The van der Waals surface area contributed by atoms with Crippen LogP contribution in [0.3, 0.4) is 0 Å². The highest BCUT2D eigenvalue weighted by Crippen LogP contribution is 2.26. The molecule has 0 spiro atoms. The van der Waals surface area contributed by atoms with E-state index in [1.807, 2.05) is 0 Å². The zero-order valence-corrected chi connectivity index (χ0v) is 9.39. The maximum absolute atomic E-state index is 9.24. The van der Waals surface area contributed by atoms with Crippen LogP contribution in [0.1, 0.15) is 30.4 Å². The molecule has 2 N–H and O–H groups in total. The number of aliphatic hydroxyl groups excluding tert-OH is 1. The first-order chi connectivity index (χ1) is 7.88. The van der Waals surface area contributed by atoms with Crippen molar-refractivity contribution in [2.75, 3.05) is 19.7 Å². The second kappa shape index (κ2) is 4.14. The quantitative estimate of drug-likeness (QED) is 0.734. The van der Waals surface area contributed by atoms with Crippen LogP contribution in [0.15, 0.2) is 0 Å². The Morgan fingerprint density at radius 2 is 2.31 bits per heavy atom. The van der Waals surface area contributed by atoms with Gasteiger partial charge in [-0.15, -0.1) is 10.2 Å². The molecule has 0 saturated carbocycles. The monoisotopic (exact) mass is 222 g/mol. The van der Waals surface area contributed by atoms with E-state index in [4.69, 9.17) is 0 Å². The van der Waals surface area contributed by atoms with Crippen LogP contribution in [0.2, 0.25) is 0 Å². The topological polar surface area (TPSA) is 63.0 Å². The molecule has 88 valence electrons. The van der Waals surface area contributed by atoms with E-state index in [2.05, 4.69) is 20.1 Å². The van der Waals surface area contributed by atoms with Crippen molar-refractivity contribution in [2.45, 2.75) is 31.7 Å². The van der Waals surface area contributed by atoms with Crippen LogP contribution in [0.25, 0.3) is 0 Å².